The second-order valence-electron chi connectivity index (χ2n) is 8.07. The second-order valence-corrected chi connectivity index (χ2v) is 8.07. The highest BCUT2D eigenvalue weighted by molar-refractivity contribution is 5.85. The zero-order valence-electron chi connectivity index (χ0n) is 19.3. The van der Waals surface area contributed by atoms with Gasteiger partial charge in [0.1, 0.15) is 5.82 Å². The van der Waals surface area contributed by atoms with Crippen molar-refractivity contribution in [3.8, 4) is 11.5 Å². The number of methoxy groups -OCH3 is 2. The Hall–Kier alpha value is -2.91. The number of benzene rings is 2. The largest absolute Gasteiger partial charge is 0.493 e. The van der Waals surface area contributed by atoms with E-state index in [1.54, 1.807) is 20.3 Å². The Kier molecular flexibility index (Phi) is 8.10. The van der Waals surface area contributed by atoms with E-state index in [1.807, 2.05) is 35.0 Å². The van der Waals surface area contributed by atoms with Gasteiger partial charge in [-0.25, -0.2) is 9.07 Å². The standard InChI is InChI=1S/C23H29FN6O2.ClH/c1-16(2)30-23(25-26-27-30)22(17-9-10-20(31-3)21(15-17)32-4)29-13-11-28(12-14-29)19-8-6-5-7-18(19)24;/h5-10,15-16,22H,11-14H2,1-4H3;1H. The molecule has 2 heterocycles. The molecule has 1 saturated heterocycles. The molecule has 33 heavy (non-hydrogen) atoms. The highest BCUT2D eigenvalue weighted by Gasteiger charge is 2.32. The summed E-state index contributed by atoms with van der Waals surface area (Å²) in [4.78, 5) is 4.42. The van der Waals surface area contributed by atoms with Crippen LogP contribution in [0.2, 0.25) is 0 Å². The Labute approximate surface area is 199 Å². The minimum Gasteiger partial charge on any atom is -0.493 e. The number of ether oxygens (including phenoxy) is 2. The highest BCUT2D eigenvalue weighted by Crippen LogP contribution is 2.35. The van der Waals surface area contributed by atoms with Crippen molar-refractivity contribution in [2.45, 2.75) is 25.9 Å². The van der Waals surface area contributed by atoms with Crippen molar-refractivity contribution in [2.24, 2.45) is 0 Å². The molecule has 0 aliphatic carbocycles. The molecule has 0 N–H and O–H groups in total. The Morgan fingerprint density at radius 1 is 0.939 bits per heavy atom. The molecule has 0 spiro atoms. The fourth-order valence-electron chi connectivity index (χ4n) is 4.22. The Balaban J connectivity index is 0.00000306. The quantitative estimate of drug-likeness (QED) is 0.514. The number of piperazine rings is 1. The number of rotatable bonds is 7. The lowest BCUT2D eigenvalue weighted by molar-refractivity contribution is 0.198. The molecule has 1 aromatic heterocycles. The number of para-hydroxylation sites is 1. The van der Waals surface area contributed by atoms with E-state index in [9.17, 15) is 4.39 Å². The number of halogens is 2. The molecule has 1 unspecified atom stereocenters. The third-order valence-electron chi connectivity index (χ3n) is 5.85. The van der Waals surface area contributed by atoms with E-state index >= 15 is 0 Å². The summed E-state index contributed by atoms with van der Waals surface area (Å²) in [5.74, 6) is 1.90. The predicted molar refractivity (Wildman–Crippen MR) is 127 cm³/mol. The molecule has 0 saturated carbocycles. The van der Waals surface area contributed by atoms with Crippen molar-refractivity contribution in [3.05, 3.63) is 59.7 Å². The fraction of sp³-hybridized carbons (Fsp3) is 0.435. The van der Waals surface area contributed by atoms with E-state index in [1.165, 1.54) is 6.07 Å². The van der Waals surface area contributed by atoms with Crippen LogP contribution in [0.5, 0.6) is 11.5 Å². The van der Waals surface area contributed by atoms with Crippen LogP contribution >= 0.6 is 12.4 Å². The maximum Gasteiger partial charge on any atom is 0.173 e. The van der Waals surface area contributed by atoms with Gasteiger partial charge in [0, 0.05) is 26.2 Å². The van der Waals surface area contributed by atoms with Gasteiger partial charge in [-0.2, -0.15) is 0 Å². The number of anilines is 1. The van der Waals surface area contributed by atoms with Crippen LogP contribution < -0.4 is 14.4 Å². The predicted octanol–water partition coefficient (Wildman–Crippen LogP) is 3.74. The van der Waals surface area contributed by atoms with Gasteiger partial charge in [-0.05, 0) is 54.1 Å². The third-order valence-corrected chi connectivity index (χ3v) is 5.85. The van der Waals surface area contributed by atoms with Gasteiger partial charge < -0.3 is 14.4 Å². The van der Waals surface area contributed by atoms with Crippen LogP contribution in [0.1, 0.15) is 37.3 Å². The summed E-state index contributed by atoms with van der Waals surface area (Å²) in [6.07, 6.45) is 0. The Bertz CT molecular complexity index is 1050. The molecule has 0 amide bonds. The van der Waals surface area contributed by atoms with Gasteiger partial charge in [0.25, 0.3) is 0 Å². The molecule has 10 heteroatoms. The number of tetrazole rings is 1. The maximum atomic E-state index is 14.3. The van der Waals surface area contributed by atoms with Crippen molar-refractivity contribution in [1.29, 1.82) is 0 Å². The normalized spacial score (nSPS) is 15.3. The lowest BCUT2D eigenvalue weighted by Gasteiger charge is -2.40. The van der Waals surface area contributed by atoms with Gasteiger partial charge in [-0.15, -0.1) is 17.5 Å². The first kappa shape index (κ1) is 24.7. The minimum absolute atomic E-state index is 0. The topological polar surface area (TPSA) is 68.5 Å². The first-order valence-electron chi connectivity index (χ1n) is 10.8. The summed E-state index contributed by atoms with van der Waals surface area (Å²) >= 11 is 0. The number of nitrogens with zero attached hydrogens (tertiary/aromatic N) is 6. The van der Waals surface area contributed by atoms with Gasteiger partial charge >= 0.3 is 0 Å². The average Bonchev–Trinajstić information content (AvgIpc) is 3.30. The SMILES string of the molecule is COc1ccc(C(c2nnnn2C(C)C)N2CCN(c3ccccc3F)CC2)cc1OC.Cl. The summed E-state index contributed by atoms with van der Waals surface area (Å²) in [6, 6.07) is 12.8. The van der Waals surface area contributed by atoms with Crippen molar-refractivity contribution in [3.63, 3.8) is 0 Å². The molecule has 1 fully saturated rings. The summed E-state index contributed by atoms with van der Waals surface area (Å²) in [5.41, 5.74) is 1.65. The van der Waals surface area contributed by atoms with Crippen LogP contribution in [0.3, 0.4) is 0 Å². The van der Waals surface area contributed by atoms with Crippen LogP contribution in [0.4, 0.5) is 10.1 Å². The lowest BCUT2D eigenvalue weighted by Crippen LogP contribution is -2.48. The highest BCUT2D eigenvalue weighted by atomic mass is 35.5. The third kappa shape index (κ3) is 5.04. The van der Waals surface area contributed by atoms with E-state index in [0.717, 1.165) is 24.5 Å². The molecule has 1 aliphatic rings. The second kappa shape index (κ2) is 10.8. The molecule has 1 aliphatic heterocycles. The Morgan fingerprint density at radius 2 is 1.64 bits per heavy atom. The molecular formula is C23H30ClFN6O2. The number of aromatic nitrogens is 4. The van der Waals surface area contributed by atoms with E-state index in [0.29, 0.717) is 30.3 Å². The van der Waals surface area contributed by atoms with Gasteiger partial charge in [0.15, 0.2) is 17.3 Å². The van der Waals surface area contributed by atoms with Gasteiger partial charge in [0.2, 0.25) is 0 Å². The van der Waals surface area contributed by atoms with E-state index < -0.39 is 0 Å². The molecule has 0 radical (unpaired) electrons. The minimum atomic E-state index is -0.193. The van der Waals surface area contributed by atoms with Crippen LogP contribution in [0.15, 0.2) is 42.5 Å². The zero-order chi connectivity index (χ0) is 22.7. The van der Waals surface area contributed by atoms with Gasteiger partial charge in [-0.3, -0.25) is 4.90 Å². The monoisotopic (exact) mass is 476 g/mol. The van der Waals surface area contributed by atoms with Crippen LogP contribution in [-0.4, -0.2) is 65.5 Å². The van der Waals surface area contributed by atoms with Crippen molar-refractivity contribution >= 4 is 18.1 Å². The molecule has 4 rings (SSSR count). The van der Waals surface area contributed by atoms with Crippen molar-refractivity contribution in [2.75, 3.05) is 45.3 Å². The van der Waals surface area contributed by atoms with Crippen LogP contribution in [0, 0.1) is 5.82 Å². The van der Waals surface area contributed by atoms with Crippen molar-refractivity contribution in [1.82, 2.24) is 25.1 Å². The average molecular weight is 477 g/mol. The fourth-order valence-corrected chi connectivity index (χ4v) is 4.22. The van der Waals surface area contributed by atoms with Crippen molar-refractivity contribution < 1.29 is 13.9 Å². The van der Waals surface area contributed by atoms with E-state index in [4.69, 9.17) is 9.47 Å². The molecule has 2 aromatic carbocycles. The summed E-state index contributed by atoms with van der Waals surface area (Å²) < 4.78 is 27.1. The first-order chi connectivity index (χ1) is 15.5. The summed E-state index contributed by atoms with van der Waals surface area (Å²) in [7, 11) is 3.25. The van der Waals surface area contributed by atoms with E-state index in [-0.39, 0.29) is 30.3 Å². The molecular weight excluding hydrogens is 447 g/mol. The zero-order valence-corrected chi connectivity index (χ0v) is 20.1. The molecule has 3 aromatic rings. The van der Waals surface area contributed by atoms with E-state index in [2.05, 4.69) is 39.2 Å². The van der Waals surface area contributed by atoms with Crippen LogP contribution in [0.25, 0.3) is 0 Å². The molecule has 8 nitrogen and oxygen atoms in total. The van der Waals surface area contributed by atoms with Gasteiger partial charge in [-0.1, -0.05) is 18.2 Å². The Morgan fingerprint density at radius 3 is 2.27 bits per heavy atom. The summed E-state index contributed by atoms with van der Waals surface area (Å²) in [5, 5.41) is 12.6. The molecule has 0 bridgehead atoms. The lowest BCUT2D eigenvalue weighted by atomic mass is 10.0. The first-order valence-corrected chi connectivity index (χ1v) is 10.8. The van der Waals surface area contributed by atoms with Gasteiger partial charge in [0.05, 0.1) is 32.0 Å². The smallest absolute Gasteiger partial charge is 0.173 e. The summed E-state index contributed by atoms with van der Waals surface area (Å²) in [6.45, 7) is 6.99. The maximum absolute atomic E-state index is 14.3. The molecule has 178 valence electrons. The molecule has 1 atom stereocenters. The van der Waals surface area contributed by atoms with Crippen LogP contribution in [-0.2, 0) is 0 Å². The number of hydrogen-bond donors (Lipinski definition) is 0. The number of hydrogen-bond acceptors (Lipinski definition) is 7.